The van der Waals surface area contributed by atoms with Crippen molar-refractivity contribution in [3.63, 3.8) is 0 Å². The summed E-state index contributed by atoms with van der Waals surface area (Å²) in [6.45, 7) is 4.05. The number of thiazole rings is 1. The first-order valence-corrected chi connectivity index (χ1v) is 8.32. The zero-order valence-electron chi connectivity index (χ0n) is 11.6. The van der Waals surface area contributed by atoms with Crippen LogP contribution in [0.2, 0.25) is 0 Å². The summed E-state index contributed by atoms with van der Waals surface area (Å²) in [5.41, 5.74) is 3.16. The predicted octanol–water partition coefficient (Wildman–Crippen LogP) is 4.25. The van der Waals surface area contributed by atoms with Crippen LogP contribution >= 0.6 is 22.7 Å². The molecule has 1 aromatic carbocycles. The second kappa shape index (κ2) is 4.51. The third-order valence-corrected chi connectivity index (χ3v) is 5.78. The molecule has 0 fully saturated rings. The summed E-state index contributed by atoms with van der Waals surface area (Å²) in [5.74, 6) is 0. The standard InChI is InChI=1S/C16H12N2OS2/c1-9-10(2)21-15-13(9)14(19)17-16-18(15)12(8-20-16)11-6-4-3-5-7-11/h3-8H,1-2H3. The summed E-state index contributed by atoms with van der Waals surface area (Å²) >= 11 is 3.18. The number of benzene rings is 1. The maximum Gasteiger partial charge on any atom is 0.282 e. The molecule has 0 aliphatic heterocycles. The van der Waals surface area contributed by atoms with Crippen molar-refractivity contribution in [3.8, 4) is 11.3 Å². The minimum absolute atomic E-state index is 0.117. The molecule has 3 aromatic heterocycles. The molecule has 0 N–H and O–H groups in total. The zero-order valence-corrected chi connectivity index (χ0v) is 13.2. The van der Waals surface area contributed by atoms with E-state index in [0.29, 0.717) is 0 Å². The highest BCUT2D eigenvalue weighted by molar-refractivity contribution is 7.19. The molecule has 0 saturated carbocycles. The smallest absolute Gasteiger partial charge is 0.275 e. The van der Waals surface area contributed by atoms with Gasteiger partial charge in [-0.3, -0.25) is 9.20 Å². The van der Waals surface area contributed by atoms with Crippen LogP contribution in [0, 0.1) is 13.8 Å². The topological polar surface area (TPSA) is 34.4 Å². The van der Waals surface area contributed by atoms with Crippen molar-refractivity contribution in [1.29, 1.82) is 0 Å². The van der Waals surface area contributed by atoms with Crippen molar-refractivity contribution in [3.05, 3.63) is 56.5 Å². The van der Waals surface area contributed by atoms with Gasteiger partial charge in [0.25, 0.3) is 5.56 Å². The lowest BCUT2D eigenvalue weighted by Gasteiger charge is -2.03. The lowest BCUT2D eigenvalue weighted by atomic mass is 10.2. The summed E-state index contributed by atoms with van der Waals surface area (Å²) in [5, 5.41) is 2.83. The van der Waals surface area contributed by atoms with E-state index in [1.54, 1.807) is 11.3 Å². The number of thiophene rings is 1. The monoisotopic (exact) mass is 312 g/mol. The molecule has 0 atom stereocenters. The minimum atomic E-state index is -0.117. The first-order valence-electron chi connectivity index (χ1n) is 6.62. The van der Waals surface area contributed by atoms with Gasteiger partial charge in [0.15, 0.2) is 4.96 Å². The predicted molar refractivity (Wildman–Crippen MR) is 89.6 cm³/mol. The molecule has 0 saturated heterocycles. The highest BCUT2D eigenvalue weighted by atomic mass is 32.1. The molecule has 0 unspecified atom stereocenters. The highest BCUT2D eigenvalue weighted by Crippen LogP contribution is 2.33. The van der Waals surface area contributed by atoms with Gasteiger partial charge in [-0.25, -0.2) is 0 Å². The van der Waals surface area contributed by atoms with Crippen LogP contribution in [0.5, 0.6) is 0 Å². The second-order valence-corrected chi connectivity index (χ2v) is 7.03. The number of rotatable bonds is 1. The van der Waals surface area contributed by atoms with Gasteiger partial charge in [-0.2, -0.15) is 4.98 Å². The van der Waals surface area contributed by atoms with E-state index in [-0.39, 0.29) is 5.56 Å². The molecule has 5 heteroatoms. The van der Waals surface area contributed by atoms with Crippen molar-refractivity contribution in [1.82, 2.24) is 9.38 Å². The third kappa shape index (κ3) is 1.78. The van der Waals surface area contributed by atoms with Crippen LogP contribution in [-0.4, -0.2) is 9.38 Å². The maximum absolute atomic E-state index is 12.3. The average molecular weight is 312 g/mol. The Kier molecular flexibility index (Phi) is 2.74. The van der Waals surface area contributed by atoms with Crippen molar-refractivity contribution >= 4 is 37.9 Å². The maximum atomic E-state index is 12.3. The Bertz CT molecular complexity index is 1030. The molecule has 0 aliphatic carbocycles. The molecule has 0 aliphatic rings. The molecule has 21 heavy (non-hydrogen) atoms. The SMILES string of the molecule is Cc1sc2c(c1C)c(=O)nc1scc(-c3ccccc3)n12. The van der Waals surface area contributed by atoms with E-state index in [1.807, 2.05) is 25.1 Å². The van der Waals surface area contributed by atoms with Gasteiger partial charge in [0.2, 0.25) is 0 Å². The number of hydrogen-bond acceptors (Lipinski definition) is 4. The number of hydrogen-bond donors (Lipinski definition) is 0. The second-order valence-electron chi connectivity index (χ2n) is 4.99. The summed E-state index contributed by atoms with van der Waals surface area (Å²) < 4.78 is 2.11. The summed E-state index contributed by atoms with van der Waals surface area (Å²) in [7, 11) is 0. The fourth-order valence-corrected chi connectivity index (χ4v) is 4.67. The first-order chi connectivity index (χ1) is 10.2. The highest BCUT2D eigenvalue weighted by Gasteiger charge is 2.16. The third-order valence-electron chi connectivity index (χ3n) is 3.76. The van der Waals surface area contributed by atoms with Crippen LogP contribution < -0.4 is 5.56 Å². The van der Waals surface area contributed by atoms with Gasteiger partial charge < -0.3 is 0 Å². The number of aryl methyl sites for hydroxylation is 2. The first kappa shape index (κ1) is 12.7. The summed E-state index contributed by atoms with van der Waals surface area (Å²) in [4.78, 5) is 19.5. The molecule has 0 amide bonds. The molecule has 3 heterocycles. The number of aromatic nitrogens is 2. The number of fused-ring (bicyclic) bond motifs is 3. The summed E-state index contributed by atoms with van der Waals surface area (Å²) in [6.07, 6.45) is 0. The molecule has 104 valence electrons. The Morgan fingerprint density at radius 2 is 1.90 bits per heavy atom. The van der Waals surface area contributed by atoms with Gasteiger partial charge >= 0.3 is 0 Å². The molecule has 4 aromatic rings. The zero-order chi connectivity index (χ0) is 14.6. The van der Waals surface area contributed by atoms with Crippen LogP contribution in [0.3, 0.4) is 0 Å². The largest absolute Gasteiger partial charge is 0.282 e. The lowest BCUT2D eigenvalue weighted by molar-refractivity contribution is 1.19. The Morgan fingerprint density at radius 3 is 2.67 bits per heavy atom. The fraction of sp³-hybridized carbons (Fsp3) is 0.125. The van der Waals surface area contributed by atoms with Crippen LogP contribution in [0.4, 0.5) is 0 Å². The Hall–Kier alpha value is -1.98. The van der Waals surface area contributed by atoms with Gasteiger partial charge in [-0.05, 0) is 25.0 Å². The molecule has 0 spiro atoms. The lowest BCUT2D eigenvalue weighted by Crippen LogP contribution is -2.08. The molecule has 0 radical (unpaired) electrons. The van der Waals surface area contributed by atoms with Crippen LogP contribution in [-0.2, 0) is 0 Å². The molecular weight excluding hydrogens is 300 g/mol. The van der Waals surface area contributed by atoms with Gasteiger partial charge in [-0.1, -0.05) is 30.3 Å². The quantitative estimate of drug-likeness (QED) is 0.526. The van der Waals surface area contributed by atoms with Gasteiger partial charge in [0, 0.05) is 10.3 Å². The minimum Gasteiger partial charge on any atom is -0.275 e. The van der Waals surface area contributed by atoms with E-state index < -0.39 is 0 Å². The molecule has 0 bridgehead atoms. The fourth-order valence-electron chi connectivity index (χ4n) is 2.56. The average Bonchev–Trinajstić information content (AvgIpc) is 3.02. The normalized spacial score (nSPS) is 11.5. The Balaban J connectivity index is 2.21. The van der Waals surface area contributed by atoms with Crippen molar-refractivity contribution < 1.29 is 0 Å². The molecule has 4 rings (SSSR count). The van der Waals surface area contributed by atoms with Gasteiger partial charge in [0.05, 0.1) is 11.1 Å². The van der Waals surface area contributed by atoms with E-state index in [2.05, 4.69) is 33.8 Å². The van der Waals surface area contributed by atoms with Gasteiger partial charge in [-0.15, -0.1) is 22.7 Å². The molecular formula is C16H12N2OS2. The van der Waals surface area contributed by atoms with E-state index in [9.17, 15) is 4.79 Å². The van der Waals surface area contributed by atoms with E-state index >= 15 is 0 Å². The Labute approximate surface area is 129 Å². The van der Waals surface area contributed by atoms with E-state index in [1.165, 1.54) is 16.2 Å². The van der Waals surface area contributed by atoms with Crippen LogP contribution in [0.15, 0.2) is 40.5 Å². The Morgan fingerprint density at radius 1 is 1.14 bits per heavy atom. The van der Waals surface area contributed by atoms with Gasteiger partial charge in [0.1, 0.15) is 4.83 Å². The number of nitrogens with zero attached hydrogens (tertiary/aromatic N) is 2. The van der Waals surface area contributed by atoms with E-state index in [4.69, 9.17) is 0 Å². The molecule has 3 nitrogen and oxygen atoms in total. The van der Waals surface area contributed by atoms with Crippen molar-refractivity contribution in [2.24, 2.45) is 0 Å². The van der Waals surface area contributed by atoms with Crippen molar-refractivity contribution in [2.45, 2.75) is 13.8 Å². The van der Waals surface area contributed by atoms with E-state index in [0.717, 1.165) is 32.0 Å². The van der Waals surface area contributed by atoms with Crippen molar-refractivity contribution in [2.75, 3.05) is 0 Å². The van der Waals surface area contributed by atoms with Crippen LogP contribution in [0.25, 0.3) is 26.4 Å². The summed E-state index contributed by atoms with van der Waals surface area (Å²) in [6, 6.07) is 10.2. The van der Waals surface area contributed by atoms with Crippen LogP contribution in [0.1, 0.15) is 10.4 Å².